The Hall–Kier alpha value is -5.41. The highest BCUT2D eigenvalue weighted by Crippen LogP contribution is 2.34. The number of aromatic amines is 2. The molecule has 1 unspecified atom stereocenters. The molecule has 0 aliphatic carbocycles. The average molecular weight is 542 g/mol. The Kier molecular flexibility index (Phi) is 6.18. The molecule has 0 aliphatic rings. The number of aliphatic hydroxyl groups excluding tert-OH is 1. The molecule has 5 heterocycles. The van der Waals surface area contributed by atoms with E-state index in [-0.39, 0.29) is 5.82 Å². The highest BCUT2D eigenvalue weighted by molar-refractivity contribution is 6.00. The lowest BCUT2D eigenvalue weighted by molar-refractivity contribution is 0.204. The van der Waals surface area contributed by atoms with Crippen molar-refractivity contribution in [3.63, 3.8) is 0 Å². The number of nitrogens with zero attached hydrogens (tertiary/aromatic N) is 4. The molecule has 1 atom stereocenters. The van der Waals surface area contributed by atoms with Gasteiger partial charge in [0.05, 0.1) is 35.0 Å². The number of aromatic nitrogens is 6. The van der Waals surface area contributed by atoms with E-state index in [2.05, 4.69) is 35.5 Å². The van der Waals surface area contributed by atoms with Crippen LogP contribution in [0.1, 0.15) is 5.56 Å². The van der Waals surface area contributed by atoms with Crippen molar-refractivity contribution in [3.8, 4) is 33.8 Å². The number of hydrogen-bond acceptors (Lipinski definition) is 6. The highest BCUT2D eigenvalue weighted by atomic mass is 19.1. The van der Waals surface area contributed by atoms with Gasteiger partial charge >= 0.3 is 0 Å². The van der Waals surface area contributed by atoms with Crippen molar-refractivity contribution in [2.24, 2.45) is 0 Å². The molecule has 4 N–H and O–H groups in total. The molecular formula is C32H24FN7O. The van der Waals surface area contributed by atoms with E-state index in [4.69, 9.17) is 0 Å². The van der Waals surface area contributed by atoms with E-state index in [0.717, 1.165) is 55.6 Å². The number of anilines is 1. The number of hydrogen-bond donors (Lipinski definition) is 4. The van der Waals surface area contributed by atoms with Gasteiger partial charge in [0.2, 0.25) is 0 Å². The summed E-state index contributed by atoms with van der Waals surface area (Å²) in [6.07, 6.45) is 6.60. The lowest BCUT2D eigenvalue weighted by atomic mass is 10.0. The van der Waals surface area contributed by atoms with Gasteiger partial charge in [0.25, 0.3) is 0 Å². The van der Waals surface area contributed by atoms with E-state index in [0.29, 0.717) is 17.8 Å². The van der Waals surface area contributed by atoms with Crippen LogP contribution in [0.3, 0.4) is 0 Å². The first-order valence-electron chi connectivity index (χ1n) is 13.1. The zero-order chi connectivity index (χ0) is 27.8. The minimum Gasteiger partial charge on any atom is -0.373 e. The maximum absolute atomic E-state index is 13.5. The van der Waals surface area contributed by atoms with Crippen molar-refractivity contribution in [2.45, 2.75) is 12.6 Å². The van der Waals surface area contributed by atoms with Gasteiger partial charge in [0.15, 0.2) is 0 Å². The number of aliphatic hydroxyl groups is 1. The van der Waals surface area contributed by atoms with E-state index in [1.165, 1.54) is 12.1 Å². The van der Waals surface area contributed by atoms with Crippen molar-refractivity contribution in [1.29, 1.82) is 0 Å². The number of H-pyrrole nitrogens is 2. The van der Waals surface area contributed by atoms with Crippen LogP contribution in [0.25, 0.3) is 55.7 Å². The standard InChI is InChI=1S/C32H24FN7O/c33-22-8-6-20(7-9-22)24-10-11-35-32-25(24)14-28(38-32)31-26-15-27(36-18-29(26)39-40-31)21-13-23(17-34-16-21)37-30(41)12-19-4-2-1-3-5-19/h1-11,13-18,30,37,41H,12H2,(H,35,38)(H,39,40). The molecule has 5 aromatic heterocycles. The second-order valence-corrected chi connectivity index (χ2v) is 9.81. The Bertz CT molecular complexity index is 1980. The Labute approximate surface area is 234 Å². The van der Waals surface area contributed by atoms with Gasteiger partial charge < -0.3 is 15.4 Å². The molecule has 0 radical (unpaired) electrons. The summed E-state index contributed by atoms with van der Waals surface area (Å²) >= 11 is 0. The third kappa shape index (κ3) is 4.90. The summed E-state index contributed by atoms with van der Waals surface area (Å²) in [5.74, 6) is -0.277. The van der Waals surface area contributed by atoms with Crippen LogP contribution in [-0.2, 0) is 6.42 Å². The lowest BCUT2D eigenvalue weighted by Gasteiger charge is -2.14. The van der Waals surface area contributed by atoms with Crippen LogP contribution in [0.5, 0.6) is 0 Å². The SMILES string of the molecule is OC(Cc1ccccc1)Nc1cncc(-c2cc3c(-c4cc5c(-c6ccc(F)cc6)ccnc5[nH]4)n[nH]c3cn2)c1. The fourth-order valence-corrected chi connectivity index (χ4v) is 5.06. The zero-order valence-electron chi connectivity index (χ0n) is 21.7. The topological polar surface area (TPSA) is 115 Å². The van der Waals surface area contributed by atoms with E-state index in [9.17, 15) is 9.50 Å². The second-order valence-electron chi connectivity index (χ2n) is 9.81. The summed E-state index contributed by atoms with van der Waals surface area (Å²) in [5.41, 5.74) is 8.11. The van der Waals surface area contributed by atoms with Crippen LogP contribution in [0.4, 0.5) is 10.1 Å². The summed E-state index contributed by atoms with van der Waals surface area (Å²) < 4.78 is 13.5. The maximum Gasteiger partial charge on any atom is 0.138 e. The van der Waals surface area contributed by atoms with Crippen molar-refractivity contribution in [2.75, 3.05) is 5.32 Å². The zero-order valence-corrected chi connectivity index (χ0v) is 21.7. The summed E-state index contributed by atoms with van der Waals surface area (Å²) in [5, 5.41) is 23.1. The molecule has 0 fully saturated rings. The quantitative estimate of drug-likeness (QED) is 0.175. The number of fused-ring (bicyclic) bond motifs is 2. The smallest absolute Gasteiger partial charge is 0.138 e. The number of nitrogens with one attached hydrogen (secondary N) is 3. The molecular weight excluding hydrogens is 517 g/mol. The van der Waals surface area contributed by atoms with Gasteiger partial charge in [-0.05, 0) is 53.1 Å². The van der Waals surface area contributed by atoms with Crippen LogP contribution in [0.2, 0.25) is 0 Å². The van der Waals surface area contributed by atoms with Crippen LogP contribution < -0.4 is 5.32 Å². The van der Waals surface area contributed by atoms with E-state index >= 15 is 0 Å². The number of rotatable bonds is 7. The van der Waals surface area contributed by atoms with Crippen molar-refractivity contribution < 1.29 is 9.50 Å². The van der Waals surface area contributed by atoms with Crippen LogP contribution in [0, 0.1) is 5.82 Å². The van der Waals surface area contributed by atoms with Gasteiger partial charge in [-0.15, -0.1) is 0 Å². The third-order valence-corrected chi connectivity index (χ3v) is 7.03. The molecule has 0 bridgehead atoms. The first kappa shape index (κ1) is 24.6. The van der Waals surface area contributed by atoms with Crippen LogP contribution >= 0.6 is 0 Å². The van der Waals surface area contributed by atoms with Gasteiger partial charge in [0.1, 0.15) is 23.4 Å². The minimum atomic E-state index is -0.763. The largest absolute Gasteiger partial charge is 0.373 e. The van der Waals surface area contributed by atoms with Crippen LogP contribution in [0.15, 0.2) is 104 Å². The Balaban J connectivity index is 1.20. The second kappa shape index (κ2) is 10.3. The summed E-state index contributed by atoms with van der Waals surface area (Å²) in [4.78, 5) is 16.9. The predicted octanol–water partition coefficient (Wildman–Crippen LogP) is 6.34. The fraction of sp³-hybridized carbons (Fsp3) is 0.0625. The van der Waals surface area contributed by atoms with Gasteiger partial charge in [-0.3, -0.25) is 15.1 Å². The molecule has 0 spiro atoms. The first-order valence-corrected chi connectivity index (χ1v) is 13.1. The molecule has 200 valence electrons. The Morgan fingerprint density at radius 2 is 1.71 bits per heavy atom. The lowest BCUT2D eigenvalue weighted by Crippen LogP contribution is -2.21. The molecule has 41 heavy (non-hydrogen) atoms. The van der Waals surface area contributed by atoms with Gasteiger partial charge in [-0.25, -0.2) is 9.37 Å². The van der Waals surface area contributed by atoms with Crippen LogP contribution in [-0.4, -0.2) is 41.5 Å². The van der Waals surface area contributed by atoms with E-state index < -0.39 is 6.23 Å². The summed E-state index contributed by atoms with van der Waals surface area (Å²) in [6, 6.07) is 24.1. The van der Waals surface area contributed by atoms with Gasteiger partial charge in [-0.1, -0.05) is 42.5 Å². The fourth-order valence-electron chi connectivity index (χ4n) is 5.06. The van der Waals surface area contributed by atoms with E-state index in [1.54, 1.807) is 36.9 Å². The molecule has 0 amide bonds. The molecule has 0 aliphatic heterocycles. The van der Waals surface area contributed by atoms with Crippen molar-refractivity contribution >= 4 is 27.6 Å². The summed E-state index contributed by atoms with van der Waals surface area (Å²) in [6.45, 7) is 0. The average Bonchev–Trinajstić information content (AvgIpc) is 3.62. The van der Waals surface area contributed by atoms with Crippen molar-refractivity contribution in [1.82, 2.24) is 30.1 Å². The number of pyridine rings is 3. The number of benzene rings is 2. The molecule has 2 aromatic carbocycles. The molecule has 9 heteroatoms. The Morgan fingerprint density at radius 3 is 2.56 bits per heavy atom. The van der Waals surface area contributed by atoms with Gasteiger partial charge in [-0.2, -0.15) is 5.10 Å². The number of halogens is 1. The Morgan fingerprint density at radius 1 is 0.854 bits per heavy atom. The minimum absolute atomic E-state index is 0.277. The molecule has 8 nitrogen and oxygen atoms in total. The molecule has 7 rings (SSSR count). The predicted molar refractivity (Wildman–Crippen MR) is 157 cm³/mol. The monoisotopic (exact) mass is 541 g/mol. The normalized spacial score (nSPS) is 12.1. The molecule has 7 aromatic rings. The molecule has 0 saturated carbocycles. The molecule has 0 saturated heterocycles. The summed E-state index contributed by atoms with van der Waals surface area (Å²) in [7, 11) is 0. The first-order chi connectivity index (χ1) is 20.1. The van der Waals surface area contributed by atoms with Gasteiger partial charge in [0, 0.05) is 35.2 Å². The van der Waals surface area contributed by atoms with E-state index in [1.807, 2.05) is 54.6 Å². The third-order valence-electron chi connectivity index (χ3n) is 7.03. The maximum atomic E-state index is 13.5. The van der Waals surface area contributed by atoms with Crippen molar-refractivity contribution in [3.05, 3.63) is 115 Å². The highest BCUT2D eigenvalue weighted by Gasteiger charge is 2.16.